The molecule has 0 saturated carbocycles. The van der Waals surface area contributed by atoms with Crippen LogP contribution in [0.2, 0.25) is 5.02 Å². The van der Waals surface area contributed by atoms with E-state index in [-0.39, 0.29) is 9.92 Å². The van der Waals surface area contributed by atoms with Crippen LogP contribution >= 0.6 is 11.6 Å². The average molecular weight is 276 g/mol. The van der Waals surface area contributed by atoms with Crippen molar-refractivity contribution in [2.45, 2.75) is 23.0 Å². The van der Waals surface area contributed by atoms with Gasteiger partial charge in [0.2, 0.25) is 0 Å². The number of hydrogen-bond donors (Lipinski definition) is 1. The van der Waals surface area contributed by atoms with Crippen molar-refractivity contribution >= 4 is 27.1 Å². The van der Waals surface area contributed by atoms with Gasteiger partial charge in [0.05, 0.1) is 15.2 Å². The predicted octanol–water partition coefficient (Wildman–Crippen LogP) is 1.87. The van der Waals surface area contributed by atoms with Gasteiger partial charge in [-0.1, -0.05) is 11.6 Å². The molecule has 0 unspecified atom stereocenters. The van der Waals surface area contributed by atoms with Crippen molar-refractivity contribution in [3.8, 4) is 0 Å². The second-order valence-electron chi connectivity index (χ2n) is 4.05. The number of benzene rings is 1. The molecule has 1 aromatic rings. The summed E-state index contributed by atoms with van der Waals surface area (Å²) in [5.74, 6) is 0. The van der Waals surface area contributed by atoms with Gasteiger partial charge in [-0.15, -0.1) is 0 Å². The molecule has 2 rings (SSSR count). The molecular formula is C11H14ClNO3S. The molecule has 94 valence electrons. The number of hydrogen-bond acceptors (Lipinski definition) is 4. The molecule has 1 aliphatic heterocycles. The Labute approximate surface area is 106 Å². The molecule has 0 aromatic heterocycles. The second kappa shape index (κ2) is 4.84. The normalized spacial score (nSPS) is 18.2. The number of nitrogens with two attached hydrogens (primary N) is 1. The molecule has 1 heterocycles. The van der Waals surface area contributed by atoms with E-state index in [2.05, 4.69) is 0 Å². The summed E-state index contributed by atoms with van der Waals surface area (Å²) in [6.45, 7) is 0.965. The van der Waals surface area contributed by atoms with Gasteiger partial charge < -0.3 is 10.5 Å². The summed E-state index contributed by atoms with van der Waals surface area (Å²) in [5, 5.41) is -0.214. The van der Waals surface area contributed by atoms with Gasteiger partial charge in [-0.25, -0.2) is 8.42 Å². The van der Waals surface area contributed by atoms with Crippen molar-refractivity contribution < 1.29 is 13.2 Å². The molecule has 2 N–H and O–H groups in total. The summed E-state index contributed by atoms with van der Waals surface area (Å²) in [7, 11) is -3.38. The van der Waals surface area contributed by atoms with Crippen molar-refractivity contribution in [2.24, 2.45) is 0 Å². The maximum absolute atomic E-state index is 12.3. The lowest BCUT2D eigenvalue weighted by Gasteiger charge is -2.22. The topological polar surface area (TPSA) is 69.4 Å². The first-order chi connectivity index (χ1) is 8.01. The quantitative estimate of drug-likeness (QED) is 0.837. The maximum atomic E-state index is 12.3. The van der Waals surface area contributed by atoms with Crippen LogP contribution in [0.4, 0.5) is 5.69 Å². The van der Waals surface area contributed by atoms with Crippen LogP contribution in [0.25, 0.3) is 0 Å². The van der Waals surface area contributed by atoms with Gasteiger partial charge in [0.15, 0.2) is 9.84 Å². The van der Waals surface area contributed by atoms with Crippen LogP contribution in [-0.2, 0) is 14.6 Å². The lowest BCUT2D eigenvalue weighted by Crippen LogP contribution is -2.29. The molecule has 0 amide bonds. The Balaban J connectivity index is 2.37. The van der Waals surface area contributed by atoms with Crippen molar-refractivity contribution in [1.29, 1.82) is 0 Å². The molecule has 0 aliphatic carbocycles. The van der Waals surface area contributed by atoms with Gasteiger partial charge >= 0.3 is 0 Å². The fourth-order valence-electron chi connectivity index (χ4n) is 1.91. The summed E-state index contributed by atoms with van der Waals surface area (Å²) in [6.07, 6.45) is 1.03. The minimum atomic E-state index is -3.38. The third kappa shape index (κ3) is 2.56. The molecule has 1 aliphatic rings. The average Bonchev–Trinajstić information content (AvgIpc) is 2.29. The van der Waals surface area contributed by atoms with Gasteiger partial charge in [0.1, 0.15) is 0 Å². The third-order valence-corrected chi connectivity index (χ3v) is 5.61. The molecular weight excluding hydrogens is 262 g/mol. The largest absolute Gasteiger partial charge is 0.399 e. The Morgan fingerprint density at radius 3 is 2.53 bits per heavy atom. The van der Waals surface area contributed by atoms with E-state index in [0.717, 1.165) is 0 Å². The van der Waals surface area contributed by atoms with Crippen LogP contribution in [0.15, 0.2) is 23.1 Å². The lowest BCUT2D eigenvalue weighted by molar-refractivity contribution is 0.0983. The standard InChI is InChI=1S/C11H14ClNO3S/c12-10-7-8(13)1-2-11(10)17(14,15)9-3-5-16-6-4-9/h1-2,7,9H,3-6,13H2. The summed E-state index contributed by atoms with van der Waals surface area (Å²) in [5.41, 5.74) is 6.01. The van der Waals surface area contributed by atoms with Crippen LogP contribution in [-0.4, -0.2) is 26.9 Å². The number of rotatable bonds is 2. The summed E-state index contributed by atoms with van der Waals surface area (Å²) >= 11 is 5.94. The SMILES string of the molecule is Nc1ccc(S(=O)(=O)C2CCOCC2)c(Cl)c1. The highest BCUT2D eigenvalue weighted by Crippen LogP contribution is 2.30. The smallest absolute Gasteiger partial charge is 0.182 e. The molecule has 17 heavy (non-hydrogen) atoms. The minimum Gasteiger partial charge on any atom is -0.399 e. The molecule has 1 saturated heterocycles. The first kappa shape index (κ1) is 12.7. The van der Waals surface area contributed by atoms with E-state index >= 15 is 0 Å². The summed E-state index contributed by atoms with van der Waals surface area (Å²) < 4.78 is 29.8. The van der Waals surface area contributed by atoms with Crippen LogP contribution in [0, 0.1) is 0 Å². The molecule has 0 bridgehead atoms. The predicted molar refractivity (Wildman–Crippen MR) is 66.9 cm³/mol. The number of ether oxygens (including phenoxy) is 1. The van der Waals surface area contributed by atoms with Crippen molar-refractivity contribution in [2.75, 3.05) is 18.9 Å². The molecule has 6 heteroatoms. The van der Waals surface area contributed by atoms with Crippen LogP contribution in [0.1, 0.15) is 12.8 Å². The Kier molecular flexibility index (Phi) is 3.61. The van der Waals surface area contributed by atoms with Gasteiger partial charge in [-0.05, 0) is 31.0 Å². The number of nitrogen functional groups attached to an aromatic ring is 1. The van der Waals surface area contributed by atoms with E-state index in [0.29, 0.717) is 31.7 Å². The molecule has 1 aromatic carbocycles. The Morgan fingerprint density at radius 1 is 1.29 bits per heavy atom. The Hall–Kier alpha value is -0.780. The highest BCUT2D eigenvalue weighted by atomic mass is 35.5. The van der Waals surface area contributed by atoms with E-state index in [4.69, 9.17) is 22.1 Å². The van der Waals surface area contributed by atoms with E-state index in [1.165, 1.54) is 12.1 Å². The molecule has 0 radical (unpaired) electrons. The van der Waals surface area contributed by atoms with Crippen molar-refractivity contribution in [3.05, 3.63) is 23.2 Å². The first-order valence-electron chi connectivity index (χ1n) is 5.38. The Bertz CT molecular complexity index is 509. The van der Waals surface area contributed by atoms with Crippen LogP contribution in [0.3, 0.4) is 0 Å². The van der Waals surface area contributed by atoms with Crippen LogP contribution in [0.5, 0.6) is 0 Å². The highest BCUT2D eigenvalue weighted by Gasteiger charge is 2.30. The molecule has 1 fully saturated rings. The molecule has 0 atom stereocenters. The highest BCUT2D eigenvalue weighted by molar-refractivity contribution is 7.92. The van der Waals surface area contributed by atoms with E-state index in [1.807, 2.05) is 0 Å². The number of sulfone groups is 1. The zero-order valence-electron chi connectivity index (χ0n) is 9.23. The zero-order valence-corrected chi connectivity index (χ0v) is 10.8. The minimum absolute atomic E-state index is 0.167. The van der Waals surface area contributed by atoms with Gasteiger partial charge in [0.25, 0.3) is 0 Å². The summed E-state index contributed by atoms with van der Waals surface area (Å²) in [6, 6.07) is 4.49. The fraction of sp³-hybridized carbons (Fsp3) is 0.455. The lowest BCUT2D eigenvalue weighted by atomic mass is 10.2. The van der Waals surface area contributed by atoms with Gasteiger partial charge in [-0.3, -0.25) is 0 Å². The fourth-order valence-corrected chi connectivity index (χ4v) is 4.19. The molecule has 0 spiro atoms. The van der Waals surface area contributed by atoms with E-state index in [9.17, 15) is 8.42 Å². The monoisotopic (exact) mass is 275 g/mol. The second-order valence-corrected chi connectivity index (χ2v) is 6.65. The first-order valence-corrected chi connectivity index (χ1v) is 7.31. The maximum Gasteiger partial charge on any atom is 0.182 e. The zero-order chi connectivity index (χ0) is 12.5. The van der Waals surface area contributed by atoms with Gasteiger partial charge in [0, 0.05) is 18.9 Å². The molecule has 4 nitrogen and oxygen atoms in total. The number of halogens is 1. The van der Waals surface area contributed by atoms with Crippen LogP contribution < -0.4 is 5.73 Å². The van der Waals surface area contributed by atoms with Crippen molar-refractivity contribution in [1.82, 2.24) is 0 Å². The Morgan fingerprint density at radius 2 is 1.94 bits per heavy atom. The van der Waals surface area contributed by atoms with Crippen molar-refractivity contribution in [3.63, 3.8) is 0 Å². The van der Waals surface area contributed by atoms with E-state index < -0.39 is 15.1 Å². The van der Waals surface area contributed by atoms with E-state index in [1.54, 1.807) is 6.07 Å². The third-order valence-electron chi connectivity index (χ3n) is 2.87. The summed E-state index contributed by atoms with van der Waals surface area (Å²) in [4.78, 5) is 0.167. The van der Waals surface area contributed by atoms with Gasteiger partial charge in [-0.2, -0.15) is 0 Å². The number of anilines is 1.